The molecule has 2 aliphatic heterocycles. The average molecular weight is 598 g/mol. The minimum absolute atomic E-state index is 0.136. The molecule has 0 atom stereocenters. The van der Waals surface area contributed by atoms with E-state index in [0.717, 1.165) is 0 Å². The van der Waals surface area contributed by atoms with Crippen LogP contribution < -0.4 is 15.1 Å². The second kappa shape index (κ2) is 12.3. The van der Waals surface area contributed by atoms with E-state index in [-0.39, 0.29) is 44.0 Å². The average Bonchev–Trinajstić information content (AvgIpc) is 3.40. The maximum atomic E-state index is 13.8. The van der Waals surface area contributed by atoms with E-state index in [0.29, 0.717) is 38.6 Å². The van der Waals surface area contributed by atoms with E-state index in [9.17, 15) is 27.6 Å². The zero-order valence-electron chi connectivity index (χ0n) is 23.9. The second-order valence-corrected chi connectivity index (χ2v) is 10.7. The number of rotatable bonds is 5. The van der Waals surface area contributed by atoms with Crippen LogP contribution in [-0.4, -0.2) is 102 Å². The molecule has 0 saturated carbocycles. The first-order chi connectivity index (χ1) is 19.7. The number of oxazole rings is 1. The molecule has 1 N–H and O–H groups in total. The van der Waals surface area contributed by atoms with Gasteiger partial charge in [-0.2, -0.15) is 18.2 Å². The maximum absolute atomic E-state index is 13.8. The molecule has 0 aromatic carbocycles. The number of aromatic nitrogens is 2. The van der Waals surface area contributed by atoms with Crippen molar-refractivity contribution in [2.75, 3.05) is 74.1 Å². The zero-order chi connectivity index (χ0) is 30.7. The maximum Gasteiger partial charge on any atom is 0.437 e. The normalized spacial score (nSPS) is 16.4. The fraction of sp³-hybridized carbons (Fsp3) is 0.577. The fourth-order valence-electron chi connectivity index (χ4n) is 4.36. The Balaban J connectivity index is 1.39. The molecule has 0 radical (unpaired) electrons. The number of piperazine rings is 2. The van der Waals surface area contributed by atoms with Crippen molar-refractivity contribution in [2.24, 2.45) is 0 Å². The van der Waals surface area contributed by atoms with E-state index in [2.05, 4.69) is 15.3 Å². The van der Waals surface area contributed by atoms with Crippen LogP contribution in [0, 0.1) is 0 Å². The Bertz CT molecular complexity index is 1260. The number of halogens is 3. The number of nitrogens with zero attached hydrogens (tertiary/aromatic N) is 6. The van der Waals surface area contributed by atoms with Crippen molar-refractivity contribution in [1.82, 2.24) is 19.8 Å². The minimum atomic E-state index is -4.94. The first kappa shape index (κ1) is 30.7. The van der Waals surface area contributed by atoms with Gasteiger partial charge in [-0.1, -0.05) is 0 Å². The Morgan fingerprint density at radius 2 is 1.52 bits per heavy atom. The van der Waals surface area contributed by atoms with E-state index in [4.69, 9.17) is 13.9 Å². The Labute approximate surface area is 240 Å². The van der Waals surface area contributed by atoms with Crippen molar-refractivity contribution in [2.45, 2.75) is 39.5 Å². The lowest BCUT2D eigenvalue weighted by atomic mass is 10.2. The number of alkyl halides is 3. The van der Waals surface area contributed by atoms with Gasteiger partial charge >= 0.3 is 18.4 Å². The number of ether oxygens (including phenoxy) is 2. The Morgan fingerprint density at radius 3 is 2.05 bits per heavy atom. The van der Waals surface area contributed by atoms with Gasteiger partial charge in [0.05, 0.1) is 18.5 Å². The SMILES string of the molecule is CCOC(=O)N1CCN(c2ccc(NC(=O)c3oc(N4CCN(C(=O)OC(C)(C)C)CC4)nc3C(F)(F)F)cn2)CC1. The summed E-state index contributed by atoms with van der Waals surface area (Å²) in [6, 6.07) is 2.76. The first-order valence-electron chi connectivity index (χ1n) is 13.5. The molecular formula is C26H34F3N7O6. The minimum Gasteiger partial charge on any atom is -0.450 e. The molecule has 0 unspecified atom stereocenters. The highest BCUT2D eigenvalue weighted by atomic mass is 19.4. The summed E-state index contributed by atoms with van der Waals surface area (Å²) in [7, 11) is 0. The van der Waals surface area contributed by atoms with E-state index in [1.54, 1.807) is 38.7 Å². The molecular weight excluding hydrogens is 563 g/mol. The van der Waals surface area contributed by atoms with Crippen LogP contribution in [0.15, 0.2) is 22.7 Å². The van der Waals surface area contributed by atoms with Crippen LogP contribution in [0.2, 0.25) is 0 Å². The zero-order valence-corrected chi connectivity index (χ0v) is 23.9. The molecule has 0 bridgehead atoms. The molecule has 3 amide bonds. The van der Waals surface area contributed by atoms with Crippen molar-refractivity contribution in [3.63, 3.8) is 0 Å². The van der Waals surface area contributed by atoms with Crippen molar-refractivity contribution in [1.29, 1.82) is 0 Å². The van der Waals surface area contributed by atoms with Gasteiger partial charge in [-0.15, -0.1) is 0 Å². The third-order valence-electron chi connectivity index (χ3n) is 6.43. The summed E-state index contributed by atoms with van der Waals surface area (Å²) >= 11 is 0. The van der Waals surface area contributed by atoms with Crippen LogP contribution in [0.1, 0.15) is 43.9 Å². The van der Waals surface area contributed by atoms with Crippen molar-refractivity contribution in [3.05, 3.63) is 29.8 Å². The molecule has 0 aliphatic carbocycles. The Hall–Kier alpha value is -4.24. The third kappa shape index (κ3) is 7.53. The Morgan fingerprint density at radius 1 is 0.929 bits per heavy atom. The van der Waals surface area contributed by atoms with Gasteiger partial charge in [0.25, 0.3) is 11.9 Å². The van der Waals surface area contributed by atoms with Gasteiger partial charge in [-0.05, 0) is 39.8 Å². The summed E-state index contributed by atoms with van der Waals surface area (Å²) in [5.74, 6) is -1.53. The topological polar surface area (TPSA) is 134 Å². The molecule has 4 heterocycles. The molecule has 42 heavy (non-hydrogen) atoms. The molecule has 4 rings (SSSR count). The van der Waals surface area contributed by atoms with Crippen LogP contribution in [0.3, 0.4) is 0 Å². The van der Waals surface area contributed by atoms with E-state index >= 15 is 0 Å². The number of hydrogen-bond donors (Lipinski definition) is 1. The second-order valence-electron chi connectivity index (χ2n) is 10.7. The van der Waals surface area contributed by atoms with Crippen LogP contribution in [0.4, 0.5) is 40.3 Å². The van der Waals surface area contributed by atoms with Crippen LogP contribution in [0.5, 0.6) is 0 Å². The van der Waals surface area contributed by atoms with Gasteiger partial charge in [-0.25, -0.2) is 14.6 Å². The van der Waals surface area contributed by atoms with Gasteiger partial charge in [0.1, 0.15) is 11.4 Å². The van der Waals surface area contributed by atoms with Crippen LogP contribution >= 0.6 is 0 Å². The molecule has 13 nitrogen and oxygen atoms in total. The van der Waals surface area contributed by atoms with E-state index in [1.807, 2.05) is 4.90 Å². The molecule has 230 valence electrons. The summed E-state index contributed by atoms with van der Waals surface area (Å²) in [5, 5.41) is 2.39. The summed E-state index contributed by atoms with van der Waals surface area (Å²) < 4.78 is 57.1. The van der Waals surface area contributed by atoms with Crippen LogP contribution in [-0.2, 0) is 15.7 Å². The van der Waals surface area contributed by atoms with Crippen molar-refractivity contribution < 1.29 is 41.4 Å². The van der Waals surface area contributed by atoms with Gasteiger partial charge in [0.2, 0.25) is 5.76 Å². The molecule has 2 aromatic rings. The number of carbonyl (C=O) groups is 3. The lowest BCUT2D eigenvalue weighted by Gasteiger charge is -2.34. The van der Waals surface area contributed by atoms with Crippen molar-refractivity contribution in [3.8, 4) is 0 Å². The molecule has 16 heteroatoms. The predicted molar refractivity (Wildman–Crippen MR) is 145 cm³/mol. The standard InChI is InChI=1S/C26H34F3N7O6/c1-5-40-23(38)35-12-8-33(9-13-35)18-7-6-17(16-30-18)31-21(37)19-20(26(27,28)29)32-22(41-19)34-10-14-36(15-11-34)24(39)42-25(2,3)4/h6-7,16H,5,8-15H2,1-4H3,(H,31,37). The summed E-state index contributed by atoms with van der Waals surface area (Å²) in [6.07, 6.45) is -4.52. The largest absolute Gasteiger partial charge is 0.450 e. The Kier molecular flexibility index (Phi) is 9.01. The smallest absolute Gasteiger partial charge is 0.437 e. The van der Waals surface area contributed by atoms with Gasteiger partial charge in [0.15, 0.2) is 5.69 Å². The molecule has 0 spiro atoms. The predicted octanol–water partition coefficient (Wildman–Crippen LogP) is 3.68. The summed E-state index contributed by atoms with van der Waals surface area (Å²) in [4.78, 5) is 51.4. The monoisotopic (exact) mass is 597 g/mol. The number of carbonyl (C=O) groups excluding carboxylic acids is 3. The fourth-order valence-corrected chi connectivity index (χ4v) is 4.36. The van der Waals surface area contributed by atoms with Gasteiger partial charge < -0.3 is 38.8 Å². The van der Waals surface area contributed by atoms with E-state index < -0.39 is 35.2 Å². The summed E-state index contributed by atoms with van der Waals surface area (Å²) in [6.45, 7) is 9.79. The number of pyridine rings is 1. The van der Waals surface area contributed by atoms with E-state index in [1.165, 1.54) is 22.1 Å². The third-order valence-corrected chi connectivity index (χ3v) is 6.43. The molecule has 2 aromatic heterocycles. The van der Waals surface area contributed by atoms with Gasteiger partial charge in [0, 0.05) is 52.4 Å². The lowest BCUT2D eigenvalue weighted by molar-refractivity contribution is -0.141. The van der Waals surface area contributed by atoms with Crippen molar-refractivity contribution >= 4 is 35.6 Å². The number of nitrogens with one attached hydrogen (secondary N) is 1. The lowest BCUT2D eigenvalue weighted by Crippen LogP contribution is -2.50. The quantitative estimate of drug-likeness (QED) is 0.544. The highest BCUT2D eigenvalue weighted by Gasteiger charge is 2.42. The molecule has 2 aliphatic rings. The first-order valence-corrected chi connectivity index (χ1v) is 13.5. The van der Waals surface area contributed by atoms with Gasteiger partial charge in [-0.3, -0.25) is 4.79 Å². The number of amides is 3. The molecule has 2 saturated heterocycles. The highest BCUT2D eigenvalue weighted by molar-refractivity contribution is 6.03. The molecule has 2 fully saturated rings. The number of hydrogen-bond acceptors (Lipinski definition) is 10. The van der Waals surface area contributed by atoms with Crippen LogP contribution in [0.25, 0.3) is 0 Å². The highest BCUT2D eigenvalue weighted by Crippen LogP contribution is 2.35. The number of anilines is 3. The summed E-state index contributed by atoms with van der Waals surface area (Å²) in [5.41, 5.74) is -1.98.